The van der Waals surface area contributed by atoms with E-state index < -0.39 is 0 Å². The zero-order chi connectivity index (χ0) is 10.7. The fourth-order valence-electron chi connectivity index (χ4n) is 1.62. The van der Waals surface area contributed by atoms with Crippen LogP contribution in [0, 0.1) is 5.41 Å². The minimum atomic E-state index is 0.227. The van der Waals surface area contributed by atoms with Crippen molar-refractivity contribution in [3.8, 4) is 5.75 Å². The lowest BCUT2D eigenvalue weighted by Gasteiger charge is -2.40. The Hall–Kier alpha value is -1.22. The van der Waals surface area contributed by atoms with Crippen molar-refractivity contribution in [1.29, 1.82) is 0 Å². The van der Waals surface area contributed by atoms with E-state index in [1.807, 2.05) is 24.3 Å². The summed E-state index contributed by atoms with van der Waals surface area (Å²) in [6.45, 7) is 4.51. The number of hydrogen-bond donors (Lipinski definition) is 1. The van der Waals surface area contributed by atoms with Crippen LogP contribution < -0.4 is 10.5 Å². The third-order valence-corrected chi connectivity index (χ3v) is 2.97. The highest BCUT2D eigenvalue weighted by Gasteiger charge is 2.37. The lowest BCUT2D eigenvalue weighted by atomic mass is 9.84. The molecule has 1 fully saturated rings. The molecule has 1 aromatic rings. The topological polar surface area (TPSA) is 44.5 Å². The van der Waals surface area contributed by atoms with Crippen LogP contribution >= 0.6 is 0 Å². The molecule has 82 valence electrons. The molecule has 0 bridgehead atoms. The maximum absolute atomic E-state index is 5.72. The summed E-state index contributed by atoms with van der Waals surface area (Å²) in [5.41, 5.74) is 6.64. The van der Waals surface area contributed by atoms with Crippen molar-refractivity contribution in [2.75, 3.05) is 25.6 Å². The number of nitrogen functional groups attached to an aromatic ring is 1. The monoisotopic (exact) mass is 207 g/mol. The Bertz CT molecular complexity index is 329. The average molecular weight is 207 g/mol. The highest BCUT2D eigenvalue weighted by molar-refractivity contribution is 5.43. The molecule has 1 aliphatic heterocycles. The zero-order valence-electron chi connectivity index (χ0n) is 9.03. The normalized spacial score (nSPS) is 18.2. The van der Waals surface area contributed by atoms with E-state index >= 15 is 0 Å². The highest BCUT2D eigenvalue weighted by atomic mass is 16.5. The minimum absolute atomic E-state index is 0.227. The van der Waals surface area contributed by atoms with Gasteiger partial charge in [0.2, 0.25) is 0 Å². The minimum Gasteiger partial charge on any atom is -0.493 e. The first-order valence-corrected chi connectivity index (χ1v) is 5.30. The number of hydrogen-bond acceptors (Lipinski definition) is 3. The van der Waals surface area contributed by atoms with Gasteiger partial charge in [-0.05, 0) is 18.6 Å². The number of anilines is 1. The number of nitrogens with two attached hydrogens (primary N) is 1. The third kappa shape index (κ3) is 2.23. The van der Waals surface area contributed by atoms with Crippen LogP contribution in [0.25, 0.3) is 0 Å². The molecule has 15 heavy (non-hydrogen) atoms. The van der Waals surface area contributed by atoms with Gasteiger partial charge in [0, 0.05) is 11.8 Å². The van der Waals surface area contributed by atoms with Crippen molar-refractivity contribution in [3.05, 3.63) is 24.3 Å². The largest absolute Gasteiger partial charge is 0.493 e. The SMILES string of the molecule is CCC1(COc2cccc(N)c2)COC1. The van der Waals surface area contributed by atoms with E-state index in [0.29, 0.717) is 6.61 Å². The first-order chi connectivity index (χ1) is 7.24. The van der Waals surface area contributed by atoms with Crippen LogP contribution in [0.1, 0.15) is 13.3 Å². The quantitative estimate of drug-likeness (QED) is 0.769. The first kappa shape index (κ1) is 10.3. The van der Waals surface area contributed by atoms with E-state index in [1.54, 1.807) is 0 Å². The number of benzene rings is 1. The molecular formula is C12H17NO2. The molecule has 1 aromatic carbocycles. The fraction of sp³-hybridized carbons (Fsp3) is 0.500. The van der Waals surface area contributed by atoms with Crippen molar-refractivity contribution >= 4 is 5.69 Å². The molecule has 0 aromatic heterocycles. The van der Waals surface area contributed by atoms with Crippen molar-refractivity contribution in [2.45, 2.75) is 13.3 Å². The predicted molar refractivity (Wildman–Crippen MR) is 59.9 cm³/mol. The van der Waals surface area contributed by atoms with Crippen LogP contribution in [0.15, 0.2) is 24.3 Å². The van der Waals surface area contributed by atoms with Crippen molar-refractivity contribution < 1.29 is 9.47 Å². The molecule has 0 unspecified atom stereocenters. The van der Waals surface area contributed by atoms with Crippen LogP contribution in [0.3, 0.4) is 0 Å². The van der Waals surface area contributed by atoms with Crippen molar-refractivity contribution in [3.63, 3.8) is 0 Å². The molecule has 1 saturated heterocycles. The standard InChI is InChI=1S/C12H17NO2/c1-2-12(7-14-8-12)9-15-11-5-3-4-10(13)6-11/h3-6H,2,7-9,13H2,1H3. The molecule has 0 amide bonds. The van der Waals surface area contributed by atoms with Gasteiger partial charge < -0.3 is 15.2 Å². The van der Waals surface area contributed by atoms with Gasteiger partial charge in [-0.3, -0.25) is 0 Å². The molecular weight excluding hydrogens is 190 g/mol. The van der Waals surface area contributed by atoms with E-state index in [4.69, 9.17) is 15.2 Å². The van der Waals surface area contributed by atoms with Gasteiger partial charge in [-0.1, -0.05) is 13.0 Å². The molecule has 0 spiro atoms. The van der Waals surface area contributed by atoms with Gasteiger partial charge in [-0.25, -0.2) is 0 Å². The van der Waals surface area contributed by atoms with E-state index in [2.05, 4.69) is 6.92 Å². The summed E-state index contributed by atoms with van der Waals surface area (Å²) in [7, 11) is 0. The first-order valence-electron chi connectivity index (χ1n) is 5.30. The second kappa shape index (κ2) is 4.11. The summed E-state index contributed by atoms with van der Waals surface area (Å²) < 4.78 is 11.0. The third-order valence-electron chi connectivity index (χ3n) is 2.97. The lowest BCUT2D eigenvalue weighted by Crippen LogP contribution is -2.46. The van der Waals surface area contributed by atoms with Crippen molar-refractivity contribution in [2.24, 2.45) is 5.41 Å². The molecule has 3 heteroatoms. The van der Waals surface area contributed by atoms with Crippen molar-refractivity contribution in [1.82, 2.24) is 0 Å². The molecule has 1 heterocycles. The lowest BCUT2D eigenvalue weighted by molar-refractivity contribution is -0.133. The molecule has 0 saturated carbocycles. The molecule has 0 aliphatic carbocycles. The fourth-order valence-corrected chi connectivity index (χ4v) is 1.62. The van der Waals surface area contributed by atoms with Gasteiger partial charge in [-0.15, -0.1) is 0 Å². The van der Waals surface area contributed by atoms with Gasteiger partial charge >= 0.3 is 0 Å². The summed E-state index contributed by atoms with van der Waals surface area (Å²) >= 11 is 0. The van der Waals surface area contributed by atoms with Crippen LogP contribution in [-0.4, -0.2) is 19.8 Å². The second-order valence-electron chi connectivity index (χ2n) is 4.21. The molecule has 3 nitrogen and oxygen atoms in total. The average Bonchev–Trinajstić information content (AvgIpc) is 2.17. The Kier molecular flexibility index (Phi) is 2.82. The summed E-state index contributed by atoms with van der Waals surface area (Å²) in [4.78, 5) is 0. The van der Waals surface area contributed by atoms with Gasteiger partial charge in [0.15, 0.2) is 0 Å². The van der Waals surface area contributed by atoms with Crippen LogP contribution in [0.4, 0.5) is 5.69 Å². The van der Waals surface area contributed by atoms with E-state index in [-0.39, 0.29) is 5.41 Å². The van der Waals surface area contributed by atoms with Gasteiger partial charge in [0.25, 0.3) is 0 Å². The maximum atomic E-state index is 5.72. The molecule has 1 aliphatic rings. The Morgan fingerprint density at radius 3 is 2.80 bits per heavy atom. The zero-order valence-corrected chi connectivity index (χ0v) is 9.03. The summed E-state index contributed by atoms with van der Waals surface area (Å²) in [6.07, 6.45) is 1.09. The van der Waals surface area contributed by atoms with E-state index in [9.17, 15) is 0 Å². The van der Waals surface area contributed by atoms with Gasteiger partial charge in [-0.2, -0.15) is 0 Å². The van der Waals surface area contributed by atoms with Gasteiger partial charge in [0.05, 0.1) is 25.2 Å². The van der Waals surface area contributed by atoms with E-state index in [0.717, 1.165) is 31.1 Å². The molecule has 2 N–H and O–H groups in total. The number of rotatable bonds is 4. The second-order valence-corrected chi connectivity index (χ2v) is 4.21. The Labute approximate surface area is 90.2 Å². The van der Waals surface area contributed by atoms with Gasteiger partial charge in [0.1, 0.15) is 5.75 Å². The summed E-state index contributed by atoms with van der Waals surface area (Å²) in [5, 5.41) is 0. The van der Waals surface area contributed by atoms with E-state index in [1.165, 1.54) is 0 Å². The summed E-state index contributed by atoms with van der Waals surface area (Å²) in [6, 6.07) is 7.54. The smallest absolute Gasteiger partial charge is 0.121 e. The maximum Gasteiger partial charge on any atom is 0.121 e. The van der Waals surface area contributed by atoms with Crippen LogP contribution in [0.5, 0.6) is 5.75 Å². The summed E-state index contributed by atoms with van der Waals surface area (Å²) in [5.74, 6) is 0.842. The molecule has 0 atom stereocenters. The molecule has 0 radical (unpaired) electrons. The number of ether oxygens (including phenoxy) is 2. The highest BCUT2D eigenvalue weighted by Crippen LogP contribution is 2.32. The van der Waals surface area contributed by atoms with Crippen LogP contribution in [0.2, 0.25) is 0 Å². The molecule has 2 rings (SSSR count). The van der Waals surface area contributed by atoms with Crippen LogP contribution in [-0.2, 0) is 4.74 Å². The Balaban J connectivity index is 1.92. The Morgan fingerprint density at radius 2 is 2.27 bits per heavy atom. The predicted octanol–water partition coefficient (Wildman–Crippen LogP) is 2.07. The Morgan fingerprint density at radius 1 is 1.47 bits per heavy atom.